The molecule has 25 heavy (non-hydrogen) atoms. The fraction of sp³-hybridized carbons (Fsp3) is 0.438. The van der Waals surface area contributed by atoms with Crippen LogP contribution in [0.3, 0.4) is 0 Å². The van der Waals surface area contributed by atoms with Gasteiger partial charge in [-0.25, -0.2) is 15.0 Å². The molecule has 0 saturated carbocycles. The molecule has 134 valence electrons. The van der Waals surface area contributed by atoms with Crippen LogP contribution in [0.4, 0.5) is 5.13 Å². The van der Waals surface area contributed by atoms with Crippen molar-refractivity contribution in [3.05, 3.63) is 23.3 Å². The Balaban J connectivity index is 2.01. The zero-order chi connectivity index (χ0) is 18.1. The van der Waals surface area contributed by atoms with Crippen LogP contribution in [-0.4, -0.2) is 33.4 Å². The van der Waals surface area contributed by atoms with Crippen LogP contribution in [0.2, 0.25) is 0 Å². The number of carbonyl (C=O) groups is 1. The molecule has 0 aromatic carbocycles. The third-order valence-electron chi connectivity index (χ3n) is 3.26. The summed E-state index contributed by atoms with van der Waals surface area (Å²) in [5.74, 6) is 0.846. The van der Waals surface area contributed by atoms with E-state index in [4.69, 9.17) is 5.73 Å². The summed E-state index contributed by atoms with van der Waals surface area (Å²) >= 11 is 1.41. The molecule has 0 spiro atoms. The number of rotatable bonds is 8. The zero-order valence-corrected chi connectivity index (χ0v) is 15.3. The van der Waals surface area contributed by atoms with E-state index in [-0.39, 0.29) is 5.91 Å². The summed E-state index contributed by atoms with van der Waals surface area (Å²) in [5, 5.41) is 8.26. The van der Waals surface area contributed by atoms with E-state index in [0.29, 0.717) is 42.1 Å². The number of guanidine groups is 1. The SMILES string of the molecule is CCCCN=C(N)Nc1nc(-c2nccc(CNC(=O)CC)n2)cs1. The first-order valence-corrected chi connectivity index (χ1v) is 9.11. The van der Waals surface area contributed by atoms with Crippen molar-refractivity contribution in [2.75, 3.05) is 11.9 Å². The highest BCUT2D eigenvalue weighted by molar-refractivity contribution is 7.14. The lowest BCUT2D eigenvalue weighted by atomic mass is 10.3. The predicted molar refractivity (Wildman–Crippen MR) is 100 cm³/mol. The molecule has 4 N–H and O–H groups in total. The molecule has 2 aromatic rings. The lowest BCUT2D eigenvalue weighted by Crippen LogP contribution is -2.22. The highest BCUT2D eigenvalue weighted by atomic mass is 32.1. The molecule has 0 saturated heterocycles. The van der Waals surface area contributed by atoms with E-state index in [2.05, 4.69) is 37.5 Å². The van der Waals surface area contributed by atoms with Gasteiger partial charge in [0.05, 0.1) is 12.2 Å². The van der Waals surface area contributed by atoms with Crippen LogP contribution in [0.1, 0.15) is 38.8 Å². The minimum atomic E-state index is -0.0156. The van der Waals surface area contributed by atoms with Gasteiger partial charge in [-0.15, -0.1) is 11.3 Å². The van der Waals surface area contributed by atoms with E-state index in [1.54, 1.807) is 12.3 Å². The van der Waals surface area contributed by atoms with Crippen LogP contribution < -0.4 is 16.4 Å². The number of nitrogens with two attached hydrogens (primary N) is 1. The van der Waals surface area contributed by atoms with Gasteiger partial charge in [0, 0.05) is 24.5 Å². The minimum Gasteiger partial charge on any atom is -0.370 e. The number of hydrogen-bond donors (Lipinski definition) is 3. The van der Waals surface area contributed by atoms with Crippen molar-refractivity contribution >= 4 is 28.3 Å². The van der Waals surface area contributed by atoms with Crippen molar-refractivity contribution in [2.24, 2.45) is 10.7 Å². The number of carbonyl (C=O) groups excluding carboxylic acids is 1. The maximum Gasteiger partial charge on any atom is 0.220 e. The number of thiazole rings is 1. The molecular weight excluding hydrogens is 338 g/mol. The molecule has 0 fully saturated rings. The Bertz CT molecular complexity index is 729. The summed E-state index contributed by atoms with van der Waals surface area (Å²) in [6, 6.07) is 1.77. The Morgan fingerprint density at radius 1 is 1.36 bits per heavy atom. The first kappa shape index (κ1) is 18.8. The van der Waals surface area contributed by atoms with E-state index in [1.165, 1.54) is 11.3 Å². The van der Waals surface area contributed by atoms with E-state index in [1.807, 2.05) is 12.3 Å². The number of nitrogens with one attached hydrogen (secondary N) is 2. The molecular formula is C16H23N7OS. The van der Waals surface area contributed by atoms with Crippen molar-refractivity contribution in [1.82, 2.24) is 20.3 Å². The monoisotopic (exact) mass is 361 g/mol. The number of amides is 1. The van der Waals surface area contributed by atoms with Crippen molar-refractivity contribution in [3.8, 4) is 11.5 Å². The maximum atomic E-state index is 11.3. The van der Waals surface area contributed by atoms with Crippen LogP contribution in [0, 0.1) is 0 Å². The summed E-state index contributed by atoms with van der Waals surface area (Å²) in [5.41, 5.74) is 7.22. The van der Waals surface area contributed by atoms with Crippen molar-refractivity contribution in [1.29, 1.82) is 0 Å². The smallest absolute Gasteiger partial charge is 0.220 e. The molecule has 8 nitrogen and oxygen atoms in total. The highest BCUT2D eigenvalue weighted by Gasteiger charge is 2.09. The largest absolute Gasteiger partial charge is 0.370 e. The lowest BCUT2D eigenvalue weighted by molar-refractivity contribution is -0.120. The number of aliphatic imine (C=N–C) groups is 1. The van der Waals surface area contributed by atoms with E-state index >= 15 is 0 Å². The second-order valence-electron chi connectivity index (χ2n) is 5.29. The standard InChI is InChI=1S/C16H23N7OS/c1-3-5-7-19-15(17)23-16-22-12(10-25-16)14-18-8-6-11(21-14)9-20-13(24)4-2/h6,8,10H,3-5,7,9H2,1-2H3,(H,20,24)(H3,17,19,22,23). The van der Waals surface area contributed by atoms with Crippen LogP contribution in [0.5, 0.6) is 0 Å². The van der Waals surface area contributed by atoms with Crippen molar-refractivity contribution in [2.45, 2.75) is 39.7 Å². The predicted octanol–water partition coefficient (Wildman–Crippen LogP) is 2.15. The van der Waals surface area contributed by atoms with Crippen molar-refractivity contribution in [3.63, 3.8) is 0 Å². The Labute approximate surface area is 151 Å². The second kappa shape index (κ2) is 9.67. The first-order valence-electron chi connectivity index (χ1n) is 8.23. The molecule has 1 amide bonds. The number of anilines is 1. The second-order valence-corrected chi connectivity index (χ2v) is 6.14. The van der Waals surface area contributed by atoms with Crippen molar-refractivity contribution < 1.29 is 4.79 Å². The number of unbranched alkanes of at least 4 members (excludes halogenated alkanes) is 1. The molecule has 2 aromatic heterocycles. The first-order chi connectivity index (χ1) is 12.1. The van der Waals surface area contributed by atoms with Crippen LogP contribution in [-0.2, 0) is 11.3 Å². The van der Waals surface area contributed by atoms with Gasteiger partial charge >= 0.3 is 0 Å². The minimum absolute atomic E-state index is 0.0156. The van der Waals surface area contributed by atoms with E-state index < -0.39 is 0 Å². The third kappa shape index (κ3) is 6.11. The number of aromatic nitrogens is 3. The Hall–Kier alpha value is -2.55. The normalized spacial score (nSPS) is 11.4. The van der Waals surface area contributed by atoms with Gasteiger partial charge in [-0.2, -0.15) is 0 Å². The van der Waals surface area contributed by atoms with Gasteiger partial charge in [0.15, 0.2) is 16.9 Å². The van der Waals surface area contributed by atoms with Gasteiger partial charge in [-0.1, -0.05) is 20.3 Å². The summed E-state index contributed by atoms with van der Waals surface area (Å²) in [4.78, 5) is 28.7. The van der Waals surface area contributed by atoms with Gasteiger partial charge in [-0.3, -0.25) is 9.79 Å². The Morgan fingerprint density at radius 3 is 2.96 bits per heavy atom. The fourth-order valence-corrected chi connectivity index (χ4v) is 2.57. The molecule has 0 unspecified atom stereocenters. The van der Waals surface area contributed by atoms with E-state index in [9.17, 15) is 4.79 Å². The molecule has 0 aliphatic rings. The highest BCUT2D eigenvalue weighted by Crippen LogP contribution is 2.22. The Kier molecular flexibility index (Phi) is 7.27. The van der Waals surface area contributed by atoms with Crippen LogP contribution in [0.25, 0.3) is 11.5 Å². The quantitative estimate of drug-likeness (QED) is 0.377. The Morgan fingerprint density at radius 2 is 2.20 bits per heavy atom. The molecule has 2 rings (SSSR count). The molecule has 9 heteroatoms. The average molecular weight is 361 g/mol. The molecule has 0 radical (unpaired) electrons. The molecule has 0 bridgehead atoms. The fourth-order valence-electron chi connectivity index (χ4n) is 1.87. The van der Waals surface area contributed by atoms with Gasteiger partial charge in [0.1, 0.15) is 5.69 Å². The van der Waals surface area contributed by atoms with E-state index in [0.717, 1.165) is 18.5 Å². The van der Waals surface area contributed by atoms with Gasteiger partial charge in [-0.05, 0) is 12.5 Å². The number of nitrogens with zero attached hydrogens (tertiary/aromatic N) is 4. The molecule has 0 aliphatic carbocycles. The molecule has 0 aliphatic heterocycles. The average Bonchev–Trinajstić information content (AvgIpc) is 3.08. The molecule has 0 atom stereocenters. The molecule has 2 heterocycles. The van der Waals surface area contributed by atoms with Gasteiger partial charge < -0.3 is 16.4 Å². The van der Waals surface area contributed by atoms with Gasteiger partial charge in [0.2, 0.25) is 5.91 Å². The number of hydrogen-bond acceptors (Lipinski definition) is 6. The lowest BCUT2D eigenvalue weighted by Gasteiger charge is -2.04. The summed E-state index contributed by atoms with van der Waals surface area (Å²) in [6.45, 7) is 4.98. The zero-order valence-electron chi connectivity index (χ0n) is 14.5. The topological polar surface area (TPSA) is 118 Å². The maximum absolute atomic E-state index is 11.3. The summed E-state index contributed by atoms with van der Waals surface area (Å²) < 4.78 is 0. The summed E-state index contributed by atoms with van der Waals surface area (Å²) in [7, 11) is 0. The van der Waals surface area contributed by atoms with Gasteiger partial charge in [0.25, 0.3) is 0 Å². The van der Waals surface area contributed by atoms with Crippen LogP contribution >= 0.6 is 11.3 Å². The van der Waals surface area contributed by atoms with Crippen LogP contribution in [0.15, 0.2) is 22.6 Å². The third-order valence-corrected chi connectivity index (χ3v) is 4.02. The summed E-state index contributed by atoms with van der Waals surface area (Å²) in [6.07, 6.45) is 4.17.